The second-order valence-corrected chi connectivity index (χ2v) is 7.55. The zero-order valence-electron chi connectivity index (χ0n) is 14.4. The maximum absolute atomic E-state index is 12.6. The molecule has 2 saturated heterocycles. The summed E-state index contributed by atoms with van der Waals surface area (Å²) in [5.41, 5.74) is 1.21. The molecule has 0 radical (unpaired) electrons. The van der Waals surface area contributed by atoms with Gasteiger partial charge in [0.25, 0.3) is 0 Å². The van der Waals surface area contributed by atoms with Gasteiger partial charge in [0.15, 0.2) is 0 Å². The summed E-state index contributed by atoms with van der Waals surface area (Å²) in [4.78, 5) is 14.7. The van der Waals surface area contributed by atoms with Gasteiger partial charge < -0.3 is 14.4 Å². The quantitative estimate of drug-likeness (QED) is 0.786. The van der Waals surface area contributed by atoms with E-state index in [9.17, 15) is 4.79 Å². The van der Waals surface area contributed by atoms with Crippen LogP contribution < -0.4 is 4.74 Å². The van der Waals surface area contributed by atoms with Gasteiger partial charge in [-0.15, -0.1) is 11.8 Å². The highest BCUT2D eigenvalue weighted by atomic mass is 32.2. The van der Waals surface area contributed by atoms with E-state index in [0.717, 1.165) is 43.9 Å². The lowest BCUT2D eigenvalue weighted by Crippen LogP contribution is -2.32. The Morgan fingerprint density at radius 1 is 1.25 bits per heavy atom. The minimum atomic E-state index is 0.218. The Kier molecular flexibility index (Phi) is 6.44. The molecular weight excluding hydrogens is 322 g/mol. The number of thioether (sulfide) groups is 1. The fourth-order valence-corrected chi connectivity index (χ4v) is 4.52. The minimum absolute atomic E-state index is 0.218. The first-order valence-electron chi connectivity index (χ1n) is 8.90. The molecule has 132 valence electrons. The van der Waals surface area contributed by atoms with Crippen molar-refractivity contribution in [2.45, 2.75) is 44.2 Å². The normalized spacial score (nSPS) is 24.1. The molecule has 24 heavy (non-hydrogen) atoms. The van der Waals surface area contributed by atoms with Gasteiger partial charge in [-0.05, 0) is 49.8 Å². The van der Waals surface area contributed by atoms with Crippen LogP contribution in [0.15, 0.2) is 24.3 Å². The van der Waals surface area contributed by atoms with Gasteiger partial charge in [-0.3, -0.25) is 4.79 Å². The zero-order valence-corrected chi connectivity index (χ0v) is 15.2. The topological polar surface area (TPSA) is 38.8 Å². The molecule has 0 aromatic heterocycles. The highest BCUT2D eigenvalue weighted by Gasteiger charge is 2.29. The van der Waals surface area contributed by atoms with E-state index in [1.165, 1.54) is 18.4 Å². The molecule has 2 fully saturated rings. The highest BCUT2D eigenvalue weighted by Crippen LogP contribution is 2.33. The molecule has 2 atom stereocenters. The highest BCUT2D eigenvalue weighted by molar-refractivity contribution is 7.99. The molecule has 1 aromatic rings. The molecule has 1 amide bonds. The molecule has 2 aliphatic rings. The van der Waals surface area contributed by atoms with E-state index < -0.39 is 0 Å². The number of nitrogens with zero attached hydrogens (tertiary/aromatic N) is 1. The summed E-state index contributed by atoms with van der Waals surface area (Å²) in [5.74, 6) is 2.62. The molecular formula is C19H27NO3S. The van der Waals surface area contributed by atoms with Crippen LogP contribution >= 0.6 is 11.8 Å². The van der Waals surface area contributed by atoms with Gasteiger partial charge in [0.2, 0.25) is 5.91 Å². The van der Waals surface area contributed by atoms with Crippen LogP contribution in [0.4, 0.5) is 0 Å². The van der Waals surface area contributed by atoms with Crippen molar-refractivity contribution in [2.24, 2.45) is 0 Å². The van der Waals surface area contributed by atoms with Crippen molar-refractivity contribution in [1.29, 1.82) is 0 Å². The Hall–Kier alpha value is -1.20. The first-order chi connectivity index (χ1) is 11.8. The molecule has 2 heterocycles. The van der Waals surface area contributed by atoms with Crippen LogP contribution in [-0.4, -0.2) is 48.7 Å². The average Bonchev–Trinajstić information content (AvgIpc) is 3.12. The number of hydrogen-bond donors (Lipinski definition) is 0. The number of carbonyl (C=O) groups excluding carboxylic acids is 1. The number of amides is 1. The van der Waals surface area contributed by atoms with Crippen LogP contribution in [0.2, 0.25) is 0 Å². The monoisotopic (exact) mass is 349 g/mol. The average molecular weight is 349 g/mol. The van der Waals surface area contributed by atoms with Gasteiger partial charge >= 0.3 is 0 Å². The van der Waals surface area contributed by atoms with E-state index in [4.69, 9.17) is 9.47 Å². The molecule has 0 bridgehead atoms. The molecule has 4 nitrogen and oxygen atoms in total. The Labute approximate surface area is 148 Å². The van der Waals surface area contributed by atoms with Crippen LogP contribution in [0.3, 0.4) is 0 Å². The predicted octanol–water partition coefficient (Wildman–Crippen LogP) is 3.66. The second kappa shape index (κ2) is 8.77. The standard InChI is InChI=1S/C19H27NO3S/c1-22-16-9-7-15(8-10-16)18-6-4-11-20(18)19(21)14-24-13-17-5-2-3-12-23-17/h7-10,17-18H,2-6,11-14H2,1H3/t17-,18+/m0/s1. The van der Waals surface area contributed by atoms with E-state index in [1.54, 1.807) is 18.9 Å². The number of methoxy groups -OCH3 is 1. The summed E-state index contributed by atoms with van der Waals surface area (Å²) in [6.07, 6.45) is 6.04. The molecule has 0 aliphatic carbocycles. The number of benzene rings is 1. The van der Waals surface area contributed by atoms with Gasteiger partial charge in [0, 0.05) is 18.9 Å². The minimum Gasteiger partial charge on any atom is -0.497 e. The molecule has 5 heteroatoms. The molecule has 0 saturated carbocycles. The largest absolute Gasteiger partial charge is 0.497 e. The van der Waals surface area contributed by atoms with Crippen LogP contribution in [0.5, 0.6) is 5.75 Å². The van der Waals surface area contributed by atoms with Crippen LogP contribution in [0.25, 0.3) is 0 Å². The van der Waals surface area contributed by atoms with E-state index in [-0.39, 0.29) is 11.9 Å². The smallest absolute Gasteiger partial charge is 0.233 e. The lowest BCUT2D eigenvalue weighted by molar-refractivity contribution is -0.129. The van der Waals surface area contributed by atoms with E-state index in [1.807, 2.05) is 12.1 Å². The van der Waals surface area contributed by atoms with Crippen molar-refractivity contribution in [3.63, 3.8) is 0 Å². The van der Waals surface area contributed by atoms with E-state index in [2.05, 4.69) is 17.0 Å². The fraction of sp³-hybridized carbons (Fsp3) is 0.632. The molecule has 0 spiro atoms. The molecule has 0 N–H and O–H groups in total. The van der Waals surface area contributed by atoms with Crippen molar-refractivity contribution in [3.05, 3.63) is 29.8 Å². The van der Waals surface area contributed by atoms with Crippen LogP contribution in [-0.2, 0) is 9.53 Å². The lowest BCUT2D eigenvalue weighted by atomic mass is 10.0. The van der Waals surface area contributed by atoms with Crippen LogP contribution in [0, 0.1) is 0 Å². The molecule has 3 rings (SSSR count). The van der Waals surface area contributed by atoms with Gasteiger partial charge in [-0.25, -0.2) is 0 Å². The SMILES string of the molecule is COc1ccc([C@H]2CCCN2C(=O)CSC[C@@H]2CCCCO2)cc1. The summed E-state index contributed by atoms with van der Waals surface area (Å²) in [6.45, 7) is 1.75. The first kappa shape index (κ1) is 17.6. The van der Waals surface area contributed by atoms with Crippen LogP contribution in [0.1, 0.15) is 43.7 Å². The number of hydrogen-bond acceptors (Lipinski definition) is 4. The number of rotatable bonds is 6. The third kappa shape index (κ3) is 4.45. The van der Waals surface area contributed by atoms with Crippen molar-refractivity contribution in [2.75, 3.05) is 31.8 Å². The summed E-state index contributed by atoms with van der Waals surface area (Å²) in [7, 11) is 1.67. The summed E-state index contributed by atoms with van der Waals surface area (Å²) in [6, 6.07) is 8.34. The van der Waals surface area contributed by atoms with Crippen molar-refractivity contribution in [3.8, 4) is 5.75 Å². The maximum atomic E-state index is 12.6. The first-order valence-corrected chi connectivity index (χ1v) is 10.1. The van der Waals surface area contributed by atoms with Crippen molar-refractivity contribution in [1.82, 2.24) is 4.90 Å². The molecule has 1 aromatic carbocycles. The Bertz CT molecular complexity index is 528. The van der Waals surface area contributed by atoms with Gasteiger partial charge in [0.1, 0.15) is 5.75 Å². The third-order valence-corrected chi connectivity index (χ3v) is 5.94. The predicted molar refractivity (Wildman–Crippen MR) is 97.6 cm³/mol. The number of carbonyl (C=O) groups is 1. The van der Waals surface area contributed by atoms with Crippen molar-refractivity contribution >= 4 is 17.7 Å². The number of likely N-dealkylation sites (tertiary alicyclic amines) is 1. The Balaban J connectivity index is 1.51. The second-order valence-electron chi connectivity index (χ2n) is 6.52. The Morgan fingerprint density at radius 2 is 2.08 bits per heavy atom. The maximum Gasteiger partial charge on any atom is 0.233 e. The van der Waals surface area contributed by atoms with E-state index >= 15 is 0 Å². The summed E-state index contributed by atoms with van der Waals surface area (Å²) >= 11 is 1.72. The number of ether oxygens (including phenoxy) is 2. The lowest BCUT2D eigenvalue weighted by Gasteiger charge is -2.26. The van der Waals surface area contributed by atoms with Crippen molar-refractivity contribution < 1.29 is 14.3 Å². The Morgan fingerprint density at radius 3 is 2.79 bits per heavy atom. The van der Waals surface area contributed by atoms with Gasteiger partial charge in [0.05, 0.1) is 25.0 Å². The summed E-state index contributed by atoms with van der Waals surface area (Å²) in [5, 5.41) is 0. The van der Waals surface area contributed by atoms with E-state index in [0.29, 0.717) is 11.9 Å². The summed E-state index contributed by atoms with van der Waals surface area (Å²) < 4.78 is 11.0. The third-order valence-electron chi connectivity index (χ3n) is 4.88. The fourth-order valence-electron chi connectivity index (χ4n) is 3.54. The zero-order chi connectivity index (χ0) is 16.8. The van der Waals surface area contributed by atoms with Gasteiger partial charge in [-0.2, -0.15) is 0 Å². The van der Waals surface area contributed by atoms with Gasteiger partial charge in [-0.1, -0.05) is 12.1 Å². The molecule has 0 unspecified atom stereocenters. The molecule has 2 aliphatic heterocycles.